The van der Waals surface area contributed by atoms with Crippen molar-refractivity contribution >= 4 is 23.7 Å². The van der Waals surface area contributed by atoms with E-state index in [4.69, 9.17) is 4.74 Å². The molecule has 5 heteroatoms. The van der Waals surface area contributed by atoms with E-state index in [-0.39, 0.29) is 0 Å². The number of rotatable bonds is 2. The number of pyridine rings is 1. The van der Waals surface area contributed by atoms with Crippen LogP contribution in [-0.2, 0) is 4.74 Å². The molecule has 2 heterocycles. The molecule has 1 aliphatic rings. The average Bonchev–Trinajstić information content (AvgIpc) is 2.26. The highest BCUT2D eigenvalue weighted by molar-refractivity contribution is 7.98. The number of aliphatic imine (C=N–C) groups is 1. The molecule has 0 atom stereocenters. The second kappa shape index (κ2) is 4.53. The summed E-state index contributed by atoms with van der Waals surface area (Å²) in [4.78, 5) is 9.39. The first-order valence-electron chi connectivity index (χ1n) is 4.84. The Labute approximate surface area is 93.3 Å². The van der Waals surface area contributed by atoms with Crippen LogP contribution in [-0.4, -0.2) is 17.6 Å². The molecule has 1 aromatic heterocycles. The fourth-order valence-electron chi connectivity index (χ4n) is 1.08. The minimum Gasteiger partial charge on any atom is -0.464 e. The van der Waals surface area contributed by atoms with Crippen LogP contribution in [0.5, 0.6) is 0 Å². The van der Waals surface area contributed by atoms with E-state index in [9.17, 15) is 0 Å². The summed E-state index contributed by atoms with van der Waals surface area (Å²) in [5, 5.41) is 0. The lowest BCUT2D eigenvalue weighted by molar-refractivity contribution is 0.252. The lowest BCUT2D eigenvalue weighted by Gasteiger charge is -2.16. The van der Waals surface area contributed by atoms with Gasteiger partial charge in [-0.1, -0.05) is 13.8 Å². The average molecular weight is 223 g/mol. The normalized spacial score (nSPS) is 14.2. The van der Waals surface area contributed by atoms with Gasteiger partial charge in [-0.05, 0) is 23.9 Å². The number of fused-ring (bicyclic) bond motifs is 1. The standard InChI is InChI=1S/C10H13N3OS/c1-7(2)6-14-10-12-8-3-4-11-5-9(8)15-13-10/h3-5,7H,6H2,1-2H3,(H,12,13). The number of ether oxygens (including phenoxy) is 1. The van der Waals surface area contributed by atoms with E-state index in [1.54, 1.807) is 12.4 Å². The van der Waals surface area contributed by atoms with Crippen molar-refractivity contribution in [1.29, 1.82) is 0 Å². The van der Waals surface area contributed by atoms with Crippen molar-refractivity contribution in [2.45, 2.75) is 18.7 Å². The van der Waals surface area contributed by atoms with Crippen molar-refractivity contribution in [2.24, 2.45) is 10.9 Å². The molecule has 0 aromatic carbocycles. The van der Waals surface area contributed by atoms with Crippen LogP contribution in [0.2, 0.25) is 0 Å². The van der Waals surface area contributed by atoms with Crippen LogP contribution in [0, 0.1) is 5.92 Å². The SMILES string of the molecule is CC(C)COC1=Nc2ccncc2SN1. The molecule has 4 nitrogen and oxygen atoms in total. The molecule has 15 heavy (non-hydrogen) atoms. The Bertz CT molecular complexity index is 379. The summed E-state index contributed by atoms with van der Waals surface area (Å²) >= 11 is 1.48. The zero-order valence-electron chi connectivity index (χ0n) is 8.73. The van der Waals surface area contributed by atoms with Gasteiger partial charge in [0.05, 0.1) is 17.2 Å². The zero-order valence-corrected chi connectivity index (χ0v) is 9.54. The van der Waals surface area contributed by atoms with E-state index >= 15 is 0 Å². The summed E-state index contributed by atoms with van der Waals surface area (Å²) in [5.74, 6) is 0.498. The third-order valence-electron chi connectivity index (χ3n) is 1.79. The Morgan fingerprint density at radius 1 is 1.53 bits per heavy atom. The molecule has 0 fully saturated rings. The zero-order chi connectivity index (χ0) is 10.7. The van der Waals surface area contributed by atoms with Crippen LogP contribution in [0.25, 0.3) is 0 Å². The molecular weight excluding hydrogens is 210 g/mol. The number of aromatic nitrogens is 1. The number of hydrogen-bond acceptors (Lipinski definition) is 5. The molecule has 0 spiro atoms. The van der Waals surface area contributed by atoms with Gasteiger partial charge in [0.1, 0.15) is 0 Å². The molecule has 0 saturated heterocycles. The molecule has 0 aliphatic carbocycles. The van der Waals surface area contributed by atoms with Gasteiger partial charge in [0, 0.05) is 12.4 Å². The predicted octanol–water partition coefficient (Wildman–Crippen LogP) is 2.35. The molecule has 1 aliphatic heterocycles. The monoisotopic (exact) mass is 223 g/mol. The van der Waals surface area contributed by atoms with Crippen LogP contribution < -0.4 is 4.72 Å². The molecule has 0 bridgehead atoms. The Hall–Kier alpha value is -1.23. The highest BCUT2D eigenvalue weighted by Gasteiger charge is 2.12. The van der Waals surface area contributed by atoms with Crippen molar-refractivity contribution in [3.8, 4) is 0 Å². The molecule has 80 valence electrons. The maximum absolute atomic E-state index is 5.50. The van der Waals surface area contributed by atoms with Gasteiger partial charge in [0.25, 0.3) is 0 Å². The first-order valence-corrected chi connectivity index (χ1v) is 5.65. The first-order chi connectivity index (χ1) is 7.25. The molecule has 2 rings (SSSR count). The van der Waals surface area contributed by atoms with Gasteiger partial charge in [0.2, 0.25) is 0 Å². The Balaban J connectivity index is 2.08. The van der Waals surface area contributed by atoms with Gasteiger partial charge >= 0.3 is 6.02 Å². The summed E-state index contributed by atoms with van der Waals surface area (Å²) < 4.78 is 8.53. The lowest BCUT2D eigenvalue weighted by Crippen LogP contribution is -2.23. The van der Waals surface area contributed by atoms with E-state index in [1.165, 1.54) is 11.9 Å². The highest BCUT2D eigenvalue weighted by Crippen LogP contribution is 2.29. The number of hydrogen-bond donors (Lipinski definition) is 1. The Morgan fingerprint density at radius 3 is 3.20 bits per heavy atom. The molecule has 0 saturated carbocycles. The highest BCUT2D eigenvalue weighted by atomic mass is 32.2. The van der Waals surface area contributed by atoms with Crippen LogP contribution in [0.3, 0.4) is 0 Å². The van der Waals surface area contributed by atoms with Gasteiger partial charge in [-0.15, -0.1) is 0 Å². The van der Waals surface area contributed by atoms with E-state index in [2.05, 4.69) is 28.5 Å². The summed E-state index contributed by atoms with van der Waals surface area (Å²) in [7, 11) is 0. The summed E-state index contributed by atoms with van der Waals surface area (Å²) in [6.45, 7) is 4.88. The van der Waals surface area contributed by atoms with E-state index in [1.807, 2.05) is 6.07 Å². The Kier molecular flexibility index (Phi) is 3.11. The molecule has 0 unspecified atom stereocenters. The van der Waals surface area contributed by atoms with Crippen molar-refractivity contribution in [3.63, 3.8) is 0 Å². The minimum absolute atomic E-state index is 0.498. The van der Waals surface area contributed by atoms with Crippen molar-refractivity contribution in [1.82, 2.24) is 9.71 Å². The molecule has 0 radical (unpaired) electrons. The fraction of sp³-hybridized carbons (Fsp3) is 0.400. The molecule has 0 amide bonds. The van der Waals surface area contributed by atoms with Gasteiger partial charge in [-0.25, -0.2) is 0 Å². The molecule has 1 N–H and O–H groups in total. The summed E-state index contributed by atoms with van der Waals surface area (Å²) in [5.41, 5.74) is 0.910. The Morgan fingerprint density at radius 2 is 2.40 bits per heavy atom. The second-order valence-corrected chi connectivity index (χ2v) is 4.52. The number of nitrogens with one attached hydrogen (secondary N) is 1. The fourth-order valence-corrected chi connectivity index (χ4v) is 1.72. The van der Waals surface area contributed by atoms with E-state index in [0.29, 0.717) is 18.5 Å². The van der Waals surface area contributed by atoms with Crippen LogP contribution in [0.1, 0.15) is 13.8 Å². The van der Waals surface area contributed by atoms with Crippen LogP contribution in [0.4, 0.5) is 5.69 Å². The number of nitrogens with zero attached hydrogens (tertiary/aromatic N) is 2. The topological polar surface area (TPSA) is 46.5 Å². The maximum atomic E-state index is 5.50. The summed E-state index contributed by atoms with van der Waals surface area (Å²) in [6, 6.07) is 2.45. The lowest BCUT2D eigenvalue weighted by atomic mass is 10.2. The van der Waals surface area contributed by atoms with Gasteiger partial charge in [-0.3, -0.25) is 9.71 Å². The van der Waals surface area contributed by atoms with Crippen molar-refractivity contribution in [3.05, 3.63) is 18.5 Å². The second-order valence-electron chi connectivity index (χ2n) is 3.67. The summed E-state index contributed by atoms with van der Waals surface area (Å²) in [6.07, 6.45) is 3.52. The van der Waals surface area contributed by atoms with E-state index in [0.717, 1.165) is 10.6 Å². The van der Waals surface area contributed by atoms with Crippen LogP contribution in [0.15, 0.2) is 28.3 Å². The van der Waals surface area contributed by atoms with Gasteiger partial charge in [0.15, 0.2) is 0 Å². The molecule has 1 aromatic rings. The quantitative estimate of drug-likeness (QED) is 0.782. The van der Waals surface area contributed by atoms with E-state index < -0.39 is 0 Å². The third-order valence-corrected chi connectivity index (χ3v) is 2.60. The van der Waals surface area contributed by atoms with Crippen molar-refractivity contribution < 1.29 is 4.74 Å². The van der Waals surface area contributed by atoms with Gasteiger partial charge < -0.3 is 4.74 Å². The minimum atomic E-state index is 0.498. The molecular formula is C10H13N3OS. The van der Waals surface area contributed by atoms with Crippen LogP contribution >= 0.6 is 11.9 Å². The first kappa shape index (κ1) is 10.3. The third kappa shape index (κ3) is 2.62. The smallest absolute Gasteiger partial charge is 0.300 e. The largest absolute Gasteiger partial charge is 0.464 e. The predicted molar refractivity (Wildman–Crippen MR) is 61.1 cm³/mol. The maximum Gasteiger partial charge on any atom is 0.300 e. The number of amidine groups is 1. The van der Waals surface area contributed by atoms with Crippen molar-refractivity contribution in [2.75, 3.05) is 6.61 Å². The van der Waals surface area contributed by atoms with Gasteiger partial charge in [-0.2, -0.15) is 4.99 Å².